The Morgan fingerprint density at radius 2 is 2.04 bits per heavy atom. The fourth-order valence-electron chi connectivity index (χ4n) is 2.24. The Bertz CT molecular complexity index is 900. The Labute approximate surface area is 144 Å². The fraction of sp³-hybridized carbons (Fsp3) is 0.188. The highest BCUT2D eigenvalue weighted by molar-refractivity contribution is 7.89. The van der Waals surface area contributed by atoms with Gasteiger partial charge in [0.1, 0.15) is 4.90 Å². The molecule has 1 aromatic carbocycles. The highest BCUT2D eigenvalue weighted by atomic mass is 32.2. The summed E-state index contributed by atoms with van der Waals surface area (Å²) in [6, 6.07) is 11.4. The molecular formula is C16H17N3O3S2. The lowest BCUT2D eigenvalue weighted by Gasteiger charge is -2.12. The van der Waals surface area contributed by atoms with Gasteiger partial charge in [0.25, 0.3) is 0 Å². The van der Waals surface area contributed by atoms with Gasteiger partial charge in [-0.05, 0) is 22.6 Å². The molecule has 0 amide bonds. The summed E-state index contributed by atoms with van der Waals surface area (Å²) in [5.74, 6) is 0. The summed E-state index contributed by atoms with van der Waals surface area (Å²) in [6.45, 7) is -0.102. The van der Waals surface area contributed by atoms with Crippen molar-refractivity contribution in [3.63, 3.8) is 0 Å². The molecule has 1 unspecified atom stereocenters. The SMILES string of the molecule is Cn1cc(S(=O)(=O)NCC(O)c2ccc(-c3cccs3)cc2)cn1. The maximum atomic E-state index is 12.1. The minimum Gasteiger partial charge on any atom is -0.387 e. The van der Waals surface area contributed by atoms with E-state index in [4.69, 9.17) is 0 Å². The molecule has 2 aromatic heterocycles. The molecule has 0 aliphatic heterocycles. The number of aliphatic hydroxyl groups is 1. The molecule has 0 fully saturated rings. The van der Waals surface area contributed by atoms with Crippen LogP contribution < -0.4 is 4.72 Å². The number of aryl methyl sites for hydroxylation is 1. The molecule has 3 rings (SSSR count). The molecule has 0 radical (unpaired) electrons. The summed E-state index contributed by atoms with van der Waals surface area (Å²) in [4.78, 5) is 1.22. The highest BCUT2D eigenvalue weighted by Crippen LogP contribution is 2.26. The predicted molar refractivity (Wildman–Crippen MR) is 93.1 cm³/mol. The molecule has 0 spiro atoms. The maximum Gasteiger partial charge on any atom is 0.243 e. The third kappa shape index (κ3) is 3.73. The van der Waals surface area contributed by atoms with Crippen molar-refractivity contribution >= 4 is 21.4 Å². The summed E-state index contributed by atoms with van der Waals surface area (Å²) < 4.78 is 28.0. The van der Waals surface area contributed by atoms with Crippen LogP contribution in [0.3, 0.4) is 0 Å². The van der Waals surface area contributed by atoms with Crippen molar-refractivity contribution in [2.75, 3.05) is 6.54 Å². The smallest absolute Gasteiger partial charge is 0.243 e. The van der Waals surface area contributed by atoms with E-state index in [1.165, 1.54) is 17.1 Å². The summed E-state index contributed by atoms with van der Waals surface area (Å²) in [6.07, 6.45) is 1.75. The molecule has 0 aliphatic carbocycles. The van der Waals surface area contributed by atoms with Gasteiger partial charge < -0.3 is 5.11 Å². The first-order chi connectivity index (χ1) is 11.5. The van der Waals surface area contributed by atoms with E-state index in [0.717, 1.165) is 10.4 Å². The molecule has 0 saturated heterocycles. The lowest BCUT2D eigenvalue weighted by molar-refractivity contribution is 0.182. The topological polar surface area (TPSA) is 84.2 Å². The minimum atomic E-state index is -3.68. The number of nitrogens with one attached hydrogen (secondary N) is 1. The van der Waals surface area contributed by atoms with Crippen LogP contribution in [0, 0.1) is 0 Å². The fourth-order valence-corrected chi connectivity index (χ4v) is 3.99. The normalized spacial score (nSPS) is 13.1. The molecular weight excluding hydrogens is 346 g/mol. The van der Waals surface area contributed by atoms with Crippen molar-refractivity contribution in [3.05, 3.63) is 59.7 Å². The highest BCUT2D eigenvalue weighted by Gasteiger charge is 2.18. The number of aromatic nitrogens is 2. The van der Waals surface area contributed by atoms with Crippen LogP contribution in [0.15, 0.2) is 59.1 Å². The van der Waals surface area contributed by atoms with E-state index in [-0.39, 0.29) is 11.4 Å². The number of rotatable bonds is 6. The lowest BCUT2D eigenvalue weighted by Crippen LogP contribution is -2.28. The standard InChI is InChI=1S/C16H17N3O3S2/c1-19-11-14(9-17-19)24(21,22)18-10-15(20)12-4-6-13(7-5-12)16-3-2-8-23-16/h2-9,11,15,18,20H,10H2,1H3. The summed E-state index contributed by atoms with van der Waals surface area (Å²) in [7, 11) is -2.04. The second-order valence-corrected chi connectivity index (χ2v) is 8.03. The molecule has 24 heavy (non-hydrogen) atoms. The second-order valence-electron chi connectivity index (χ2n) is 5.32. The van der Waals surface area contributed by atoms with Gasteiger partial charge in [0.05, 0.1) is 12.3 Å². The Morgan fingerprint density at radius 1 is 1.29 bits per heavy atom. The maximum absolute atomic E-state index is 12.1. The largest absolute Gasteiger partial charge is 0.387 e. The molecule has 2 N–H and O–H groups in total. The minimum absolute atomic E-state index is 0.0743. The molecule has 3 aromatic rings. The zero-order chi connectivity index (χ0) is 17.2. The third-order valence-corrected chi connectivity index (χ3v) is 5.86. The van der Waals surface area contributed by atoms with Crippen molar-refractivity contribution in [3.8, 4) is 10.4 Å². The summed E-state index contributed by atoms with van der Waals surface area (Å²) in [5, 5.41) is 16.1. The van der Waals surface area contributed by atoms with Crippen molar-refractivity contribution in [1.29, 1.82) is 0 Å². The number of hydrogen-bond acceptors (Lipinski definition) is 5. The van der Waals surface area contributed by atoms with Gasteiger partial charge in [-0.3, -0.25) is 4.68 Å². The Kier molecular flexibility index (Phi) is 4.81. The zero-order valence-electron chi connectivity index (χ0n) is 13.0. The number of aliphatic hydroxyl groups excluding tert-OH is 1. The van der Waals surface area contributed by atoms with Crippen molar-refractivity contribution in [2.45, 2.75) is 11.0 Å². The van der Waals surface area contributed by atoms with Gasteiger partial charge in [-0.15, -0.1) is 11.3 Å². The summed E-state index contributed by atoms with van der Waals surface area (Å²) >= 11 is 1.64. The molecule has 126 valence electrons. The van der Waals surface area contributed by atoms with Crippen LogP contribution in [-0.4, -0.2) is 29.8 Å². The van der Waals surface area contributed by atoms with Gasteiger partial charge in [0.2, 0.25) is 10.0 Å². The third-order valence-electron chi connectivity index (χ3n) is 3.56. The molecule has 0 saturated carbocycles. The van der Waals surface area contributed by atoms with Crippen LogP contribution in [0.5, 0.6) is 0 Å². The first-order valence-electron chi connectivity index (χ1n) is 7.26. The lowest BCUT2D eigenvalue weighted by atomic mass is 10.1. The van der Waals surface area contributed by atoms with E-state index < -0.39 is 16.1 Å². The van der Waals surface area contributed by atoms with Crippen LogP contribution in [-0.2, 0) is 17.1 Å². The average Bonchev–Trinajstić information content (AvgIpc) is 3.24. The van der Waals surface area contributed by atoms with E-state index in [2.05, 4.69) is 9.82 Å². The number of sulfonamides is 1. The van der Waals surface area contributed by atoms with Crippen molar-refractivity contribution in [2.24, 2.45) is 7.05 Å². The monoisotopic (exact) mass is 363 g/mol. The Hall–Kier alpha value is -2.00. The van der Waals surface area contributed by atoms with Crippen molar-refractivity contribution in [1.82, 2.24) is 14.5 Å². The van der Waals surface area contributed by atoms with E-state index in [0.29, 0.717) is 5.56 Å². The number of hydrogen-bond donors (Lipinski definition) is 2. The predicted octanol–water partition coefficient (Wildman–Crippen LogP) is 2.16. The molecule has 2 heterocycles. The molecule has 0 aliphatic rings. The van der Waals surface area contributed by atoms with Gasteiger partial charge >= 0.3 is 0 Å². The Morgan fingerprint density at radius 3 is 2.62 bits per heavy atom. The van der Waals surface area contributed by atoms with Crippen molar-refractivity contribution < 1.29 is 13.5 Å². The Balaban J connectivity index is 1.65. The second kappa shape index (κ2) is 6.86. The molecule has 1 atom stereocenters. The van der Waals surface area contributed by atoms with E-state index in [1.807, 2.05) is 29.6 Å². The zero-order valence-corrected chi connectivity index (χ0v) is 14.6. The van der Waals surface area contributed by atoms with Crippen LogP contribution in [0.4, 0.5) is 0 Å². The van der Waals surface area contributed by atoms with E-state index in [1.54, 1.807) is 30.5 Å². The summed E-state index contributed by atoms with van der Waals surface area (Å²) in [5.41, 5.74) is 1.72. The number of thiophene rings is 1. The van der Waals surface area contributed by atoms with Gasteiger partial charge in [-0.2, -0.15) is 5.10 Å². The number of nitrogens with zero attached hydrogens (tertiary/aromatic N) is 2. The molecule has 8 heteroatoms. The van der Waals surface area contributed by atoms with Gasteiger partial charge in [0, 0.05) is 24.7 Å². The van der Waals surface area contributed by atoms with Crippen LogP contribution in [0.2, 0.25) is 0 Å². The van der Waals surface area contributed by atoms with E-state index in [9.17, 15) is 13.5 Å². The molecule has 0 bridgehead atoms. The first kappa shape index (κ1) is 16.8. The number of benzene rings is 1. The van der Waals surface area contributed by atoms with Gasteiger partial charge in [-0.25, -0.2) is 13.1 Å². The van der Waals surface area contributed by atoms with Gasteiger partial charge in [-0.1, -0.05) is 30.3 Å². The van der Waals surface area contributed by atoms with E-state index >= 15 is 0 Å². The van der Waals surface area contributed by atoms with Crippen LogP contribution >= 0.6 is 11.3 Å². The first-order valence-corrected chi connectivity index (χ1v) is 9.62. The van der Waals surface area contributed by atoms with Gasteiger partial charge in [0.15, 0.2) is 0 Å². The quantitative estimate of drug-likeness (QED) is 0.703. The average molecular weight is 363 g/mol. The van der Waals surface area contributed by atoms with Crippen LogP contribution in [0.25, 0.3) is 10.4 Å². The molecule has 6 nitrogen and oxygen atoms in total. The van der Waals surface area contributed by atoms with Crippen LogP contribution in [0.1, 0.15) is 11.7 Å².